The lowest BCUT2D eigenvalue weighted by Gasteiger charge is -2.39. The molecule has 2 atom stereocenters. The number of carbonyl (C=O) groups is 2. The van der Waals surface area contributed by atoms with E-state index < -0.39 is 0 Å². The molecule has 1 aromatic rings. The summed E-state index contributed by atoms with van der Waals surface area (Å²) in [5.74, 6) is 0.545. The SMILES string of the molecule is CC(C)CC(C(=O)N1CCOC(c2nccs2)C1)N1CCCCC1=O. The van der Waals surface area contributed by atoms with Crippen molar-refractivity contribution in [2.75, 3.05) is 26.2 Å². The first-order chi connectivity index (χ1) is 12.1. The number of likely N-dealkylation sites (tertiary alicyclic amines) is 1. The number of thiazole rings is 1. The van der Waals surface area contributed by atoms with Gasteiger partial charge in [-0.2, -0.15) is 0 Å². The zero-order chi connectivity index (χ0) is 17.8. The number of morpholine rings is 1. The maximum atomic E-state index is 13.3. The molecule has 2 aliphatic heterocycles. The zero-order valence-electron chi connectivity index (χ0n) is 15.0. The van der Waals surface area contributed by atoms with E-state index in [2.05, 4.69) is 18.8 Å². The van der Waals surface area contributed by atoms with Gasteiger partial charge in [-0.25, -0.2) is 4.98 Å². The average molecular weight is 365 g/mol. The highest BCUT2D eigenvalue weighted by molar-refractivity contribution is 7.09. The predicted octanol–water partition coefficient (Wildman–Crippen LogP) is 2.47. The molecule has 6 nitrogen and oxygen atoms in total. The molecule has 2 fully saturated rings. The van der Waals surface area contributed by atoms with Crippen LogP contribution in [-0.4, -0.2) is 58.9 Å². The van der Waals surface area contributed by atoms with Gasteiger partial charge in [0.05, 0.1) is 13.2 Å². The smallest absolute Gasteiger partial charge is 0.245 e. The van der Waals surface area contributed by atoms with Crippen molar-refractivity contribution in [2.45, 2.75) is 51.7 Å². The lowest BCUT2D eigenvalue weighted by atomic mass is 9.98. The fourth-order valence-electron chi connectivity index (χ4n) is 3.57. The van der Waals surface area contributed by atoms with E-state index in [1.54, 1.807) is 17.5 Å². The van der Waals surface area contributed by atoms with Crippen molar-refractivity contribution >= 4 is 23.2 Å². The van der Waals surface area contributed by atoms with Gasteiger partial charge in [0.1, 0.15) is 17.2 Å². The van der Waals surface area contributed by atoms with Crippen molar-refractivity contribution in [3.05, 3.63) is 16.6 Å². The Morgan fingerprint density at radius 3 is 2.92 bits per heavy atom. The molecule has 0 bridgehead atoms. The first kappa shape index (κ1) is 18.3. The van der Waals surface area contributed by atoms with Crippen molar-refractivity contribution in [2.24, 2.45) is 5.92 Å². The minimum absolute atomic E-state index is 0.0637. The standard InChI is InChI=1S/C18H27N3O3S/c1-13(2)11-14(21-7-4-3-5-16(21)22)18(23)20-8-9-24-15(12-20)17-19-6-10-25-17/h6,10,13-15H,3-5,7-9,11-12H2,1-2H3. The van der Waals surface area contributed by atoms with Crippen LogP contribution in [0.25, 0.3) is 0 Å². The molecule has 0 aromatic carbocycles. The van der Waals surface area contributed by atoms with E-state index in [0.717, 1.165) is 17.8 Å². The minimum Gasteiger partial charge on any atom is -0.367 e. The largest absolute Gasteiger partial charge is 0.367 e. The molecular weight excluding hydrogens is 338 g/mol. The van der Waals surface area contributed by atoms with E-state index in [1.807, 2.05) is 15.2 Å². The van der Waals surface area contributed by atoms with Gasteiger partial charge >= 0.3 is 0 Å². The number of nitrogens with zero attached hydrogens (tertiary/aromatic N) is 3. The summed E-state index contributed by atoms with van der Waals surface area (Å²) in [7, 11) is 0. The summed E-state index contributed by atoms with van der Waals surface area (Å²) >= 11 is 1.55. The van der Waals surface area contributed by atoms with Crippen molar-refractivity contribution < 1.29 is 14.3 Å². The molecule has 1 aromatic heterocycles. The number of piperidine rings is 1. The molecule has 0 saturated carbocycles. The van der Waals surface area contributed by atoms with Crippen LogP contribution >= 0.6 is 11.3 Å². The second-order valence-corrected chi connectivity index (χ2v) is 8.13. The molecule has 25 heavy (non-hydrogen) atoms. The summed E-state index contributed by atoms with van der Waals surface area (Å²) in [4.78, 5) is 33.6. The highest BCUT2D eigenvalue weighted by Gasteiger charge is 2.36. The number of aromatic nitrogens is 1. The number of rotatable bonds is 5. The highest BCUT2D eigenvalue weighted by atomic mass is 32.1. The van der Waals surface area contributed by atoms with Gasteiger partial charge < -0.3 is 14.5 Å². The molecule has 2 saturated heterocycles. The maximum Gasteiger partial charge on any atom is 0.245 e. The normalized spacial score (nSPS) is 23.2. The summed E-state index contributed by atoms with van der Waals surface area (Å²) < 4.78 is 5.80. The van der Waals surface area contributed by atoms with Gasteiger partial charge in [0.2, 0.25) is 11.8 Å². The molecule has 3 rings (SSSR count). The third kappa shape index (κ3) is 4.39. The Hall–Kier alpha value is -1.47. The Kier molecular flexibility index (Phi) is 6.06. The highest BCUT2D eigenvalue weighted by Crippen LogP contribution is 2.26. The number of ether oxygens (including phenoxy) is 1. The van der Waals surface area contributed by atoms with Crippen LogP contribution in [0, 0.1) is 5.92 Å². The second kappa shape index (κ2) is 8.27. The van der Waals surface area contributed by atoms with Crippen LogP contribution in [0.15, 0.2) is 11.6 Å². The molecule has 2 aliphatic rings. The quantitative estimate of drug-likeness (QED) is 0.804. The Bertz CT molecular complexity index is 590. The minimum atomic E-state index is -0.345. The molecule has 0 spiro atoms. The third-order valence-electron chi connectivity index (χ3n) is 4.82. The van der Waals surface area contributed by atoms with Crippen LogP contribution in [0.2, 0.25) is 0 Å². The van der Waals surface area contributed by atoms with Gasteiger partial charge in [-0.1, -0.05) is 13.8 Å². The van der Waals surface area contributed by atoms with Gasteiger partial charge in [-0.3, -0.25) is 9.59 Å². The Morgan fingerprint density at radius 1 is 1.40 bits per heavy atom. The van der Waals surface area contributed by atoms with Crippen molar-refractivity contribution in [3.63, 3.8) is 0 Å². The van der Waals surface area contributed by atoms with Gasteiger partial charge in [-0.15, -0.1) is 11.3 Å². The number of hydrogen-bond donors (Lipinski definition) is 0. The fourth-order valence-corrected chi connectivity index (χ4v) is 4.24. The van der Waals surface area contributed by atoms with Crippen LogP contribution in [0.4, 0.5) is 0 Å². The number of carbonyl (C=O) groups excluding carboxylic acids is 2. The number of hydrogen-bond acceptors (Lipinski definition) is 5. The second-order valence-electron chi connectivity index (χ2n) is 7.20. The van der Waals surface area contributed by atoms with Crippen molar-refractivity contribution in [3.8, 4) is 0 Å². The molecule has 2 unspecified atom stereocenters. The zero-order valence-corrected chi connectivity index (χ0v) is 15.8. The fraction of sp³-hybridized carbons (Fsp3) is 0.722. The predicted molar refractivity (Wildman–Crippen MR) is 96.2 cm³/mol. The molecule has 2 amide bonds. The average Bonchev–Trinajstić information content (AvgIpc) is 3.14. The third-order valence-corrected chi connectivity index (χ3v) is 5.69. The molecule has 3 heterocycles. The molecule has 7 heteroatoms. The Labute approximate surface area is 153 Å². The molecule has 0 radical (unpaired) electrons. The van der Waals surface area contributed by atoms with Crippen LogP contribution in [-0.2, 0) is 14.3 Å². The molecule has 0 N–H and O–H groups in total. The van der Waals surface area contributed by atoms with Crippen LogP contribution in [0.3, 0.4) is 0 Å². The first-order valence-electron chi connectivity index (χ1n) is 9.15. The first-order valence-corrected chi connectivity index (χ1v) is 10.0. The van der Waals surface area contributed by atoms with Gasteiger partial charge in [0, 0.05) is 31.1 Å². The molecule has 138 valence electrons. The van der Waals surface area contributed by atoms with E-state index >= 15 is 0 Å². The van der Waals surface area contributed by atoms with Crippen LogP contribution in [0.5, 0.6) is 0 Å². The van der Waals surface area contributed by atoms with E-state index in [-0.39, 0.29) is 24.0 Å². The van der Waals surface area contributed by atoms with Crippen molar-refractivity contribution in [1.29, 1.82) is 0 Å². The lowest BCUT2D eigenvalue weighted by molar-refractivity contribution is -0.152. The number of amides is 2. The van der Waals surface area contributed by atoms with Crippen LogP contribution in [0.1, 0.15) is 50.6 Å². The van der Waals surface area contributed by atoms with Crippen LogP contribution < -0.4 is 0 Å². The summed E-state index contributed by atoms with van der Waals surface area (Å²) in [6.45, 7) is 6.51. The van der Waals surface area contributed by atoms with E-state index in [0.29, 0.717) is 45.0 Å². The Morgan fingerprint density at radius 2 is 2.24 bits per heavy atom. The van der Waals surface area contributed by atoms with Gasteiger partial charge in [-0.05, 0) is 25.2 Å². The summed E-state index contributed by atoms with van der Waals surface area (Å²) in [6.07, 6.45) is 4.80. The Balaban J connectivity index is 1.73. The van der Waals surface area contributed by atoms with Gasteiger partial charge in [0.25, 0.3) is 0 Å². The summed E-state index contributed by atoms with van der Waals surface area (Å²) in [6, 6.07) is -0.345. The summed E-state index contributed by atoms with van der Waals surface area (Å²) in [5, 5.41) is 2.83. The summed E-state index contributed by atoms with van der Waals surface area (Å²) in [5.41, 5.74) is 0. The van der Waals surface area contributed by atoms with E-state index in [1.165, 1.54) is 0 Å². The molecular formula is C18H27N3O3S. The van der Waals surface area contributed by atoms with Crippen molar-refractivity contribution in [1.82, 2.24) is 14.8 Å². The molecule has 0 aliphatic carbocycles. The maximum absolute atomic E-state index is 13.3. The van der Waals surface area contributed by atoms with E-state index in [4.69, 9.17) is 4.74 Å². The monoisotopic (exact) mass is 365 g/mol. The van der Waals surface area contributed by atoms with Gasteiger partial charge in [0.15, 0.2) is 0 Å². The van der Waals surface area contributed by atoms with E-state index in [9.17, 15) is 9.59 Å². The lowest BCUT2D eigenvalue weighted by Crippen LogP contribution is -2.55. The topological polar surface area (TPSA) is 62.7 Å².